The van der Waals surface area contributed by atoms with Gasteiger partial charge >= 0.3 is 0 Å². The fourth-order valence-electron chi connectivity index (χ4n) is 2.71. The summed E-state index contributed by atoms with van der Waals surface area (Å²) in [6.45, 7) is 4.78. The fourth-order valence-corrected chi connectivity index (χ4v) is 2.71. The molecule has 0 saturated carbocycles. The topological polar surface area (TPSA) is 50.7 Å². The monoisotopic (exact) mass is 329 g/mol. The molecule has 0 fully saturated rings. The lowest BCUT2D eigenvalue weighted by Gasteiger charge is -2.32. The second-order valence-electron chi connectivity index (χ2n) is 6.40. The maximum atomic E-state index is 10.6. The molecule has 2 aromatic carbocycles. The standard InChI is InChI=1S/C20H27NO3/c1-20(2,19(22)16-8-6-5-7-9-16)21-13-12-15-10-11-17(23-3)18(14-15)24-4/h5-11,14,19,21-22H,12-13H2,1-4H3. The Kier molecular flexibility index (Phi) is 6.23. The first-order valence-corrected chi connectivity index (χ1v) is 8.17. The van der Waals surface area contributed by atoms with Crippen molar-refractivity contribution < 1.29 is 14.6 Å². The van der Waals surface area contributed by atoms with Crippen LogP contribution < -0.4 is 14.8 Å². The molecule has 0 aliphatic rings. The first kappa shape index (κ1) is 18.3. The van der Waals surface area contributed by atoms with Crippen LogP contribution in [0.2, 0.25) is 0 Å². The summed E-state index contributed by atoms with van der Waals surface area (Å²) in [5.74, 6) is 1.47. The molecule has 24 heavy (non-hydrogen) atoms. The van der Waals surface area contributed by atoms with Crippen molar-refractivity contribution in [2.75, 3.05) is 20.8 Å². The first-order chi connectivity index (χ1) is 11.5. The van der Waals surface area contributed by atoms with E-state index in [4.69, 9.17) is 9.47 Å². The van der Waals surface area contributed by atoms with Crippen LogP contribution in [0.15, 0.2) is 48.5 Å². The summed E-state index contributed by atoms with van der Waals surface area (Å²) in [5, 5.41) is 14.0. The summed E-state index contributed by atoms with van der Waals surface area (Å²) < 4.78 is 10.6. The highest BCUT2D eigenvalue weighted by Gasteiger charge is 2.28. The maximum absolute atomic E-state index is 10.6. The van der Waals surface area contributed by atoms with Crippen molar-refractivity contribution in [1.82, 2.24) is 5.32 Å². The molecule has 0 heterocycles. The maximum Gasteiger partial charge on any atom is 0.160 e. The van der Waals surface area contributed by atoms with Crippen LogP contribution in [0.3, 0.4) is 0 Å². The molecule has 2 N–H and O–H groups in total. The van der Waals surface area contributed by atoms with Crippen LogP contribution in [-0.4, -0.2) is 31.4 Å². The van der Waals surface area contributed by atoms with Crippen LogP contribution in [0.1, 0.15) is 31.1 Å². The molecule has 0 radical (unpaired) electrons. The predicted octanol–water partition coefficient (Wildman–Crippen LogP) is 3.35. The van der Waals surface area contributed by atoms with Gasteiger partial charge in [0.25, 0.3) is 0 Å². The number of aliphatic hydroxyl groups is 1. The van der Waals surface area contributed by atoms with Crippen LogP contribution in [0.25, 0.3) is 0 Å². The summed E-state index contributed by atoms with van der Waals surface area (Å²) >= 11 is 0. The van der Waals surface area contributed by atoms with Crippen molar-refractivity contribution in [3.8, 4) is 11.5 Å². The van der Waals surface area contributed by atoms with Crippen LogP contribution >= 0.6 is 0 Å². The average molecular weight is 329 g/mol. The van der Waals surface area contributed by atoms with Crippen molar-refractivity contribution in [2.24, 2.45) is 0 Å². The smallest absolute Gasteiger partial charge is 0.160 e. The SMILES string of the molecule is COc1ccc(CCNC(C)(C)C(O)c2ccccc2)cc1OC. The average Bonchev–Trinajstić information content (AvgIpc) is 2.61. The minimum atomic E-state index is -0.566. The number of benzene rings is 2. The van der Waals surface area contributed by atoms with E-state index in [0.29, 0.717) is 0 Å². The summed E-state index contributed by atoms with van der Waals surface area (Å²) in [5.41, 5.74) is 1.66. The summed E-state index contributed by atoms with van der Waals surface area (Å²) in [7, 11) is 3.27. The van der Waals surface area contributed by atoms with Gasteiger partial charge in [-0.3, -0.25) is 0 Å². The van der Waals surface area contributed by atoms with Gasteiger partial charge in [0.05, 0.1) is 20.3 Å². The Hall–Kier alpha value is -2.04. The van der Waals surface area contributed by atoms with E-state index in [1.165, 1.54) is 0 Å². The van der Waals surface area contributed by atoms with Gasteiger partial charge < -0.3 is 19.9 Å². The van der Waals surface area contributed by atoms with Crippen LogP contribution in [0.5, 0.6) is 11.5 Å². The molecular formula is C20H27NO3. The number of nitrogens with one attached hydrogen (secondary N) is 1. The predicted molar refractivity (Wildman–Crippen MR) is 96.7 cm³/mol. The van der Waals surface area contributed by atoms with E-state index >= 15 is 0 Å². The van der Waals surface area contributed by atoms with E-state index in [1.807, 2.05) is 62.4 Å². The highest BCUT2D eigenvalue weighted by Crippen LogP contribution is 2.28. The zero-order valence-corrected chi connectivity index (χ0v) is 14.9. The van der Waals surface area contributed by atoms with E-state index in [9.17, 15) is 5.11 Å². The molecule has 1 atom stereocenters. The number of methoxy groups -OCH3 is 2. The van der Waals surface area contributed by atoms with E-state index in [2.05, 4.69) is 5.32 Å². The Morgan fingerprint density at radius 1 is 1.00 bits per heavy atom. The van der Waals surface area contributed by atoms with Gasteiger partial charge in [-0.25, -0.2) is 0 Å². The van der Waals surface area contributed by atoms with Crippen molar-refractivity contribution in [3.63, 3.8) is 0 Å². The molecule has 0 aliphatic carbocycles. The second kappa shape index (κ2) is 8.18. The third-order valence-corrected chi connectivity index (χ3v) is 4.24. The van der Waals surface area contributed by atoms with E-state index < -0.39 is 11.6 Å². The first-order valence-electron chi connectivity index (χ1n) is 8.17. The van der Waals surface area contributed by atoms with Crippen LogP contribution in [0.4, 0.5) is 0 Å². The normalized spacial score (nSPS) is 12.7. The molecule has 0 saturated heterocycles. The molecule has 0 spiro atoms. The van der Waals surface area contributed by atoms with E-state index in [0.717, 1.165) is 35.6 Å². The third-order valence-electron chi connectivity index (χ3n) is 4.24. The zero-order chi connectivity index (χ0) is 17.6. The molecule has 4 heteroatoms. The lowest BCUT2D eigenvalue weighted by molar-refractivity contribution is 0.0807. The van der Waals surface area contributed by atoms with Gasteiger partial charge in [-0.2, -0.15) is 0 Å². The lowest BCUT2D eigenvalue weighted by atomic mass is 9.91. The highest BCUT2D eigenvalue weighted by atomic mass is 16.5. The molecule has 130 valence electrons. The molecule has 0 amide bonds. The van der Waals surface area contributed by atoms with Gasteiger partial charge in [-0.1, -0.05) is 36.4 Å². The van der Waals surface area contributed by atoms with Crippen molar-refractivity contribution in [2.45, 2.75) is 31.9 Å². The molecule has 0 aliphatic heterocycles. The van der Waals surface area contributed by atoms with Gasteiger partial charge in [0.1, 0.15) is 0 Å². The number of hydrogen-bond acceptors (Lipinski definition) is 4. The van der Waals surface area contributed by atoms with Crippen molar-refractivity contribution >= 4 is 0 Å². The largest absolute Gasteiger partial charge is 0.493 e. The molecule has 2 aromatic rings. The third kappa shape index (κ3) is 4.49. The Balaban J connectivity index is 1.95. The van der Waals surface area contributed by atoms with Gasteiger partial charge in [0, 0.05) is 5.54 Å². The fraction of sp³-hybridized carbons (Fsp3) is 0.400. The summed E-state index contributed by atoms with van der Waals surface area (Å²) in [6.07, 6.45) is 0.273. The molecule has 0 aromatic heterocycles. The summed E-state index contributed by atoms with van der Waals surface area (Å²) in [6, 6.07) is 15.7. The highest BCUT2D eigenvalue weighted by molar-refractivity contribution is 5.42. The Bertz CT molecular complexity index is 641. The summed E-state index contributed by atoms with van der Waals surface area (Å²) in [4.78, 5) is 0. The Morgan fingerprint density at radius 3 is 2.29 bits per heavy atom. The molecular weight excluding hydrogens is 302 g/mol. The minimum Gasteiger partial charge on any atom is -0.493 e. The van der Waals surface area contributed by atoms with Gasteiger partial charge in [0.15, 0.2) is 11.5 Å². The van der Waals surface area contributed by atoms with E-state index in [1.54, 1.807) is 14.2 Å². The van der Waals surface area contributed by atoms with E-state index in [-0.39, 0.29) is 0 Å². The molecule has 4 nitrogen and oxygen atoms in total. The van der Waals surface area contributed by atoms with Gasteiger partial charge in [-0.05, 0) is 50.1 Å². The number of rotatable bonds is 8. The Morgan fingerprint density at radius 2 is 1.67 bits per heavy atom. The number of aliphatic hydroxyl groups excluding tert-OH is 1. The van der Waals surface area contributed by atoms with Gasteiger partial charge in [0.2, 0.25) is 0 Å². The van der Waals surface area contributed by atoms with Crippen LogP contribution in [-0.2, 0) is 6.42 Å². The quantitative estimate of drug-likeness (QED) is 0.780. The zero-order valence-electron chi connectivity index (χ0n) is 14.9. The molecule has 1 unspecified atom stereocenters. The van der Waals surface area contributed by atoms with Crippen molar-refractivity contribution in [3.05, 3.63) is 59.7 Å². The molecule has 2 rings (SSSR count). The number of hydrogen-bond donors (Lipinski definition) is 2. The minimum absolute atomic E-state index is 0.419. The van der Waals surface area contributed by atoms with Gasteiger partial charge in [-0.15, -0.1) is 0 Å². The van der Waals surface area contributed by atoms with Crippen molar-refractivity contribution in [1.29, 1.82) is 0 Å². The lowest BCUT2D eigenvalue weighted by Crippen LogP contribution is -2.45. The number of ether oxygens (including phenoxy) is 2. The van der Waals surface area contributed by atoms with Crippen LogP contribution in [0, 0.1) is 0 Å². The Labute approximate surface area is 144 Å². The molecule has 0 bridgehead atoms. The second-order valence-corrected chi connectivity index (χ2v) is 6.40.